The lowest BCUT2D eigenvalue weighted by Crippen LogP contribution is -2.49. The van der Waals surface area contributed by atoms with Gasteiger partial charge in [-0.1, -0.05) is 6.42 Å². The number of anilines is 1. The predicted molar refractivity (Wildman–Crippen MR) is 83.1 cm³/mol. The molecule has 3 rings (SSSR count). The summed E-state index contributed by atoms with van der Waals surface area (Å²) >= 11 is 0. The molecule has 6 heteroatoms. The van der Waals surface area contributed by atoms with E-state index in [1.54, 1.807) is 18.5 Å². The van der Waals surface area contributed by atoms with Crippen LogP contribution in [0, 0.1) is 5.92 Å². The van der Waals surface area contributed by atoms with Gasteiger partial charge in [0.25, 0.3) is 0 Å². The third kappa shape index (κ3) is 3.27. The van der Waals surface area contributed by atoms with Crippen LogP contribution in [0.5, 0.6) is 0 Å². The molecule has 0 spiro atoms. The van der Waals surface area contributed by atoms with Gasteiger partial charge in [0.1, 0.15) is 6.04 Å². The van der Waals surface area contributed by atoms with E-state index in [1.165, 1.54) is 0 Å². The lowest BCUT2D eigenvalue weighted by Gasteiger charge is -2.26. The molecule has 1 aromatic heterocycles. The van der Waals surface area contributed by atoms with E-state index in [-0.39, 0.29) is 23.8 Å². The largest absolute Gasteiger partial charge is 0.344 e. The van der Waals surface area contributed by atoms with Crippen LogP contribution in [-0.2, 0) is 16.0 Å². The molecule has 22 heavy (non-hydrogen) atoms. The topological polar surface area (TPSA) is 97.1 Å². The highest BCUT2D eigenvalue weighted by atomic mass is 16.2. The van der Waals surface area contributed by atoms with Gasteiger partial charge in [0, 0.05) is 36.5 Å². The quantitative estimate of drug-likeness (QED) is 0.709. The summed E-state index contributed by atoms with van der Waals surface area (Å²) in [7, 11) is 0. The first-order valence-corrected chi connectivity index (χ1v) is 7.93. The van der Waals surface area contributed by atoms with Crippen molar-refractivity contribution in [2.45, 2.75) is 50.6 Å². The van der Waals surface area contributed by atoms with E-state index in [1.807, 2.05) is 0 Å². The van der Waals surface area contributed by atoms with Crippen molar-refractivity contribution in [2.24, 2.45) is 11.7 Å². The molecule has 6 nitrogen and oxygen atoms in total. The lowest BCUT2D eigenvalue weighted by atomic mass is 9.96. The first-order chi connectivity index (χ1) is 10.6. The monoisotopic (exact) mass is 302 g/mol. The molecule has 1 aromatic rings. The highest BCUT2D eigenvalue weighted by molar-refractivity contribution is 6.00. The number of nitrogens with zero attached hydrogens (tertiary/aromatic N) is 1. The number of carbonyl (C=O) groups excluding carboxylic acids is 2. The average Bonchev–Trinajstić information content (AvgIpc) is 2.73. The van der Waals surface area contributed by atoms with Gasteiger partial charge >= 0.3 is 0 Å². The number of nitrogens with one attached hydrogen (secondary N) is 2. The summed E-state index contributed by atoms with van der Waals surface area (Å²) in [6.45, 7) is 0. The number of fused-ring (bicyclic) bond motifs is 1. The van der Waals surface area contributed by atoms with Crippen molar-refractivity contribution in [2.75, 3.05) is 5.32 Å². The highest BCUT2D eigenvalue weighted by Gasteiger charge is 2.30. The molecule has 3 unspecified atom stereocenters. The van der Waals surface area contributed by atoms with Crippen LogP contribution in [0.4, 0.5) is 5.69 Å². The van der Waals surface area contributed by atoms with Gasteiger partial charge in [-0.15, -0.1) is 0 Å². The second kappa shape index (κ2) is 6.44. The van der Waals surface area contributed by atoms with Gasteiger partial charge < -0.3 is 16.4 Å². The van der Waals surface area contributed by atoms with E-state index in [2.05, 4.69) is 15.6 Å². The smallest absolute Gasteiger partial charge is 0.247 e. The molecule has 2 amide bonds. The fraction of sp³-hybridized carbons (Fsp3) is 0.562. The lowest BCUT2D eigenvalue weighted by molar-refractivity contribution is -0.129. The summed E-state index contributed by atoms with van der Waals surface area (Å²) in [5, 5.41) is 5.73. The van der Waals surface area contributed by atoms with Crippen LogP contribution in [0.1, 0.15) is 37.7 Å². The summed E-state index contributed by atoms with van der Waals surface area (Å²) in [5.41, 5.74) is 7.69. The number of aromatic nitrogens is 1. The maximum absolute atomic E-state index is 12.4. The summed E-state index contributed by atoms with van der Waals surface area (Å²) in [4.78, 5) is 28.6. The van der Waals surface area contributed by atoms with Crippen LogP contribution in [0.15, 0.2) is 18.5 Å². The van der Waals surface area contributed by atoms with Crippen LogP contribution >= 0.6 is 0 Å². The van der Waals surface area contributed by atoms with E-state index >= 15 is 0 Å². The van der Waals surface area contributed by atoms with E-state index in [4.69, 9.17) is 5.73 Å². The van der Waals surface area contributed by atoms with Crippen LogP contribution < -0.4 is 16.4 Å². The Morgan fingerprint density at radius 3 is 3.05 bits per heavy atom. The van der Waals surface area contributed by atoms with Gasteiger partial charge in [0.15, 0.2) is 0 Å². The van der Waals surface area contributed by atoms with Gasteiger partial charge in [0.2, 0.25) is 11.8 Å². The van der Waals surface area contributed by atoms with E-state index in [9.17, 15) is 9.59 Å². The fourth-order valence-electron chi connectivity index (χ4n) is 3.24. The van der Waals surface area contributed by atoms with E-state index < -0.39 is 6.04 Å². The zero-order valence-electron chi connectivity index (χ0n) is 12.5. The minimum Gasteiger partial charge on any atom is -0.344 e. The molecular formula is C16H22N4O2. The van der Waals surface area contributed by atoms with Crippen molar-refractivity contribution in [3.05, 3.63) is 24.0 Å². The van der Waals surface area contributed by atoms with Gasteiger partial charge in [0.05, 0.1) is 0 Å². The Balaban J connectivity index is 1.63. The third-order valence-electron chi connectivity index (χ3n) is 4.60. The molecule has 0 aromatic carbocycles. The number of hydrogen-bond donors (Lipinski definition) is 3. The molecule has 1 saturated carbocycles. The van der Waals surface area contributed by atoms with Crippen molar-refractivity contribution in [3.63, 3.8) is 0 Å². The Hall–Kier alpha value is -1.95. The van der Waals surface area contributed by atoms with Crippen molar-refractivity contribution in [1.29, 1.82) is 0 Å². The Morgan fingerprint density at radius 1 is 1.32 bits per heavy atom. The second-order valence-electron chi connectivity index (χ2n) is 6.25. The first kappa shape index (κ1) is 15.0. The molecule has 1 aliphatic heterocycles. The zero-order chi connectivity index (χ0) is 15.5. The minimum atomic E-state index is -0.513. The number of carbonyl (C=O) groups is 2. The Kier molecular flexibility index (Phi) is 4.38. The summed E-state index contributed by atoms with van der Waals surface area (Å²) in [6.07, 6.45) is 8.36. The number of rotatable bonds is 2. The zero-order valence-corrected chi connectivity index (χ0v) is 12.5. The number of hydrogen-bond acceptors (Lipinski definition) is 4. The maximum atomic E-state index is 12.4. The van der Waals surface area contributed by atoms with Gasteiger partial charge in [-0.2, -0.15) is 0 Å². The maximum Gasteiger partial charge on any atom is 0.247 e. The molecular weight excluding hydrogens is 280 g/mol. The second-order valence-corrected chi connectivity index (χ2v) is 6.25. The fourth-order valence-corrected chi connectivity index (χ4v) is 3.24. The normalized spacial score (nSPS) is 28.2. The van der Waals surface area contributed by atoms with Gasteiger partial charge in [-0.05, 0) is 37.3 Å². The molecule has 3 atom stereocenters. The summed E-state index contributed by atoms with van der Waals surface area (Å²) in [5.74, 6) is -0.212. The number of nitrogens with two attached hydrogens (primary N) is 1. The van der Waals surface area contributed by atoms with Crippen molar-refractivity contribution in [1.82, 2.24) is 10.3 Å². The van der Waals surface area contributed by atoms with Gasteiger partial charge in [-0.3, -0.25) is 14.6 Å². The Bertz CT molecular complexity index is 575. The Morgan fingerprint density at radius 2 is 2.18 bits per heavy atom. The van der Waals surface area contributed by atoms with E-state index in [0.29, 0.717) is 6.42 Å². The van der Waals surface area contributed by atoms with Crippen LogP contribution in [-0.4, -0.2) is 28.9 Å². The molecule has 2 aliphatic rings. The van der Waals surface area contributed by atoms with Gasteiger partial charge in [-0.25, -0.2) is 0 Å². The van der Waals surface area contributed by atoms with Crippen LogP contribution in [0.25, 0.3) is 0 Å². The summed E-state index contributed by atoms with van der Waals surface area (Å²) in [6, 6.07) is 1.47. The summed E-state index contributed by atoms with van der Waals surface area (Å²) < 4.78 is 0. The van der Waals surface area contributed by atoms with Crippen molar-refractivity contribution < 1.29 is 9.59 Å². The molecule has 118 valence electrons. The molecule has 2 heterocycles. The van der Waals surface area contributed by atoms with Crippen molar-refractivity contribution in [3.8, 4) is 0 Å². The predicted octanol–water partition coefficient (Wildman–Crippen LogP) is 0.969. The van der Waals surface area contributed by atoms with Crippen molar-refractivity contribution >= 4 is 17.5 Å². The average molecular weight is 302 g/mol. The molecule has 1 aliphatic carbocycles. The highest BCUT2D eigenvalue weighted by Crippen LogP contribution is 2.24. The Labute approximate surface area is 129 Å². The van der Waals surface area contributed by atoms with Crippen LogP contribution in [0.3, 0.4) is 0 Å². The number of amides is 2. The standard InChI is InChI=1S/C16H22N4O2/c17-12-3-1-2-10(4-5-12)15(21)20-14-8-11-9-18-7-6-13(11)19-16(14)22/h6-7,9-10,12,14H,1-5,8,17H2,(H,19,22)(H,20,21). The molecule has 4 N–H and O–H groups in total. The molecule has 1 fully saturated rings. The molecule has 0 bridgehead atoms. The molecule has 0 saturated heterocycles. The molecule has 0 radical (unpaired) electrons. The first-order valence-electron chi connectivity index (χ1n) is 7.93. The van der Waals surface area contributed by atoms with Crippen LogP contribution in [0.2, 0.25) is 0 Å². The SMILES string of the molecule is NC1CCCC(C(=O)NC2Cc3cnccc3NC2=O)CC1. The number of pyridine rings is 1. The minimum absolute atomic E-state index is 0.0263. The third-order valence-corrected chi connectivity index (χ3v) is 4.60. The van der Waals surface area contributed by atoms with E-state index in [0.717, 1.165) is 43.4 Å².